The van der Waals surface area contributed by atoms with Crippen molar-refractivity contribution in [2.24, 2.45) is 0 Å². The number of pyridine rings is 1. The fraction of sp³-hybridized carbons (Fsp3) is 0.577. The number of ether oxygens (including phenoxy) is 2. The Kier molecular flexibility index (Phi) is 12.1. The van der Waals surface area contributed by atoms with Crippen molar-refractivity contribution in [1.82, 2.24) is 4.98 Å². The molecule has 2 aromatic rings. The van der Waals surface area contributed by atoms with Crippen molar-refractivity contribution in [3.63, 3.8) is 0 Å². The number of aryl methyl sites for hydroxylation is 1. The average molecular weight is 398 g/mol. The molecule has 1 aromatic carbocycles. The Morgan fingerprint density at radius 1 is 0.690 bits per heavy atom. The monoisotopic (exact) mass is 397 g/mol. The first-order valence-corrected chi connectivity index (χ1v) is 11.6. The quantitative estimate of drug-likeness (QED) is 0.280. The van der Waals surface area contributed by atoms with E-state index >= 15 is 0 Å². The smallest absolute Gasteiger partial charge is 0.119 e. The molecule has 0 saturated heterocycles. The van der Waals surface area contributed by atoms with Crippen molar-refractivity contribution in [2.75, 3.05) is 19.8 Å². The van der Waals surface area contributed by atoms with E-state index in [1.807, 2.05) is 6.20 Å². The number of nitrogens with zero attached hydrogens (tertiary/aromatic N) is 1. The summed E-state index contributed by atoms with van der Waals surface area (Å²) in [6, 6.07) is 12.6. The molecule has 29 heavy (non-hydrogen) atoms. The number of hydrogen-bond acceptors (Lipinski definition) is 3. The van der Waals surface area contributed by atoms with Gasteiger partial charge in [-0.05, 0) is 61.6 Å². The van der Waals surface area contributed by atoms with Crippen molar-refractivity contribution in [2.45, 2.75) is 78.1 Å². The lowest BCUT2D eigenvalue weighted by Crippen LogP contribution is -1.99. The van der Waals surface area contributed by atoms with Gasteiger partial charge in [-0.1, -0.05) is 58.4 Å². The van der Waals surface area contributed by atoms with E-state index in [0.717, 1.165) is 62.5 Å². The van der Waals surface area contributed by atoms with Gasteiger partial charge in [-0.3, -0.25) is 4.98 Å². The van der Waals surface area contributed by atoms with Crippen LogP contribution in [-0.2, 0) is 11.2 Å². The second-order valence-corrected chi connectivity index (χ2v) is 7.76. The minimum Gasteiger partial charge on any atom is -0.494 e. The van der Waals surface area contributed by atoms with Crippen LogP contribution in [0.25, 0.3) is 11.3 Å². The number of hydrogen-bond donors (Lipinski definition) is 0. The molecule has 0 bridgehead atoms. The molecular weight excluding hydrogens is 358 g/mol. The van der Waals surface area contributed by atoms with Gasteiger partial charge in [-0.2, -0.15) is 0 Å². The maximum absolute atomic E-state index is 5.87. The highest BCUT2D eigenvalue weighted by Crippen LogP contribution is 2.21. The fourth-order valence-corrected chi connectivity index (χ4v) is 3.26. The largest absolute Gasteiger partial charge is 0.494 e. The summed E-state index contributed by atoms with van der Waals surface area (Å²) >= 11 is 0. The van der Waals surface area contributed by atoms with Gasteiger partial charge in [0.05, 0.1) is 12.3 Å². The zero-order valence-corrected chi connectivity index (χ0v) is 18.5. The molecule has 0 N–H and O–H groups in total. The van der Waals surface area contributed by atoms with E-state index in [4.69, 9.17) is 9.47 Å². The molecule has 0 aliphatic rings. The van der Waals surface area contributed by atoms with Crippen molar-refractivity contribution >= 4 is 0 Å². The molecule has 0 saturated carbocycles. The average Bonchev–Trinajstić information content (AvgIpc) is 2.76. The van der Waals surface area contributed by atoms with Crippen LogP contribution >= 0.6 is 0 Å². The van der Waals surface area contributed by atoms with Crippen LogP contribution in [0.5, 0.6) is 5.75 Å². The van der Waals surface area contributed by atoms with Crippen molar-refractivity contribution < 1.29 is 9.47 Å². The lowest BCUT2D eigenvalue weighted by molar-refractivity contribution is 0.129. The van der Waals surface area contributed by atoms with E-state index in [-0.39, 0.29) is 0 Å². The predicted octanol–water partition coefficient (Wildman–Crippen LogP) is 7.24. The van der Waals surface area contributed by atoms with Crippen molar-refractivity contribution in [1.29, 1.82) is 0 Å². The Hall–Kier alpha value is -1.87. The SMILES string of the molecule is CCCCCCCCOc1ccc(-c2ccc(CCCOCCCC)cn2)cc1. The lowest BCUT2D eigenvalue weighted by atomic mass is 10.1. The maximum atomic E-state index is 5.87. The molecule has 1 heterocycles. The summed E-state index contributed by atoms with van der Waals surface area (Å²) < 4.78 is 11.5. The first-order chi connectivity index (χ1) is 14.3. The molecule has 0 spiro atoms. The summed E-state index contributed by atoms with van der Waals surface area (Å²) in [4.78, 5) is 4.64. The van der Waals surface area contributed by atoms with Crippen molar-refractivity contribution in [3.8, 4) is 17.0 Å². The number of rotatable bonds is 16. The van der Waals surface area contributed by atoms with Gasteiger partial charge in [0, 0.05) is 25.0 Å². The third kappa shape index (κ3) is 9.94. The summed E-state index contributed by atoms with van der Waals surface area (Å²) in [6.45, 7) is 6.96. The molecule has 3 nitrogen and oxygen atoms in total. The first-order valence-electron chi connectivity index (χ1n) is 11.6. The highest BCUT2D eigenvalue weighted by atomic mass is 16.5. The normalized spacial score (nSPS) is 11.0. The zero-order chi connectivity index (χ0) is 20.6. The van der Waals surface area contributed by atoms with Gasteiger partial charge in [0.15, 0.2) is 0 Å². The Morgan fingerprint density at radius 2 is 1.41 bits per heavy atom. The maximum Gasteiger partial charge on any atom is 0.119 e. The number of benzene rings is 1. The van der Waals surface area contributed by atoms with Crippen LogP contribution in [0.2, 0.25) is 0 Å². The second kappa shape index (κ2) is 15.0. The van der Waals surface area contributed by atoms with Crippen LogP contribution in [-0.4, -0.2) is 24.8 Å². The van der Waals surface area contributed by atoms with Gasteiger partial charge in [0.25, 0.3) is 0 Å². The van der Waals surface area contributed by atoms with Crippen LogP contribution in [0, 0.1) is 0 Å². The summed E-state index contributed by atoms with van der Waals surface area (Å²) in [5, 5.41) is 0. The van der Waals surface area contributed by atoms with Gasteiger partial charge in [-0.25, -0.2) is 0 Å². The Labute approximate surface area is 177 Å². The molecule has 0 aliphatic heterocycles. The molecular formula is C26H39NO2. The van der Waals surface area contributed by atoms with E-state index in [0.29, 0.717) is 0 Å². The van der Waals surface area contributed by atoms with E-state index in [1.165, 1.54) is 44.1 Å². The lowest BCUT2D eigenvalue weighted by Gasteiger charge is -2.08. The highest BCUT2D eigenvalue weighted by Gasteiger charge is 2.02. The summed E-state index contributed by atoms with van der Waals surface area (Å²) in [5.41, 5.74) is 3.41. The standard InChI is InChI=1S/C26H39NO2/c1-3-5-7-8-9-10-21-29-25-16-14-24(15-17-25)26-18-13-23(22-27-26)12-11-20-28-19-6-4-2/h13-18,22H,3-12,19-21H2,1-2H3. The summed E-state index contributed by atoms with van der Waals surface area (Å²) in [6.07, 6.45) is 14.1. The van der Waals surface area contributed by atoms with Gasteiger partial charge in [-0.15, -0.1) is 0 Å². The Balaban J connectivity index is 1.68. The van der Waals surface area contributed by atoms with Crippen LogP contribution in [0.15, 0.2) is 42.6 Å². The Morgan fingerprint density at radius 3 is 2.14 bits per heavy atom. The molecule has 3 heteroatoms. The highest BCUT2D eigenvalue weighted by molar-refractivity contribution is 5.60. The summed E-state index contributed by atoms with van der Waals surface area (Å²) in [5.74, 6) is 0.946. The van der Waals surface area contributed by atoms with E-state index < -0.39 is 0 Å². The molecule has 1 aromatic heterocycles. The van der Waals surface area contributed by atoms with Gasteiger partial charge in [0.1, 0.15) is 5.75 Å². The van der Waals surface area contributed by atoms with Crippen LogP contribution in [0.4, 0.5) is 0 Å². The van der Waals surface area contributed by atoms with Gasteiger partial charge in [0.2, 0.25) is 0 Å². The topological polar surface area (TPSA) is 31.4 Å². The molecule has 0 aliphatic carbocycles. The van der Waals surface area contributed by atoms with Crippen LogP contribution in [0.3, 0.4) is 0 Å². The zero-order valence-electron chi connectivity index (χ0n) is 18.5. The number of aromatic nitrogens is 1. The Bertz CT molecular complexity index is 637. The van der Waals surface area contributed by atoms with Crippen molar-refractivity contribution in [3.05, 3.63) is 48.2 Å². The molecule has 0 fully saturated rings. The molecule has 2 rings (SSSR count). The minimum atomic E-state index is 0.806. The second-order valence-electron chi connectivity index (χ2n) is 7.76. The predicted molar refractivity (Wildman–Crippen MR) is 123 cm³/mol. The molecule has 0 atom stereocenters. The fourth-order valence-electron chi connectivity index (χ4n) is 3.26. The number of unbranched alkanes of at least 4 members (excludes halogenated alkanes) is 6. The van der Waals surface area contributed by atoms with Gasteiger partial charge >= 0.3 is 0 Å². The third-order valence-corrected chi connectivity index (χ3v) is 5.14. The third-order valence-electron chi connectivity index (χ3n) is 5.14. The van der Waals surface area contributed by atoms with Crippen LogP contribution in [0.1, 0.15) is 77.2 Å². The molecule has 0 radical (unpaired) electrons. The van der Waals surface area contributed by atoms with E-state index in [9.17, 15) is 0 Å². The molecule has 0 amide bonds. The molecule has 0 unspecified atom stereocenters. The first kappa shape index (κ1) is 23.4. The minimum absolute atomic E-state index is 0.806. The van der Waals surface area contributed by atoms with Gasteiger partial charge < -0.3 is 9.47 Å². The van der Waals surface area contributed by atoms with E-state index in [2.05, 4.69) is 55.2 Å². The van der Waals surface area contributed by atoms with Crippen LogP contribution < -0.4 is 4.74 Å². The molecule has 160 valence electrons. The summed E-state index contributed by atoms with van der Waals surface area (Å²) in [7, 11) is 0. The van der Waals surface area contributed by atoms with E-state index in [1.54, 1.807) is 0 Å².